The molecule has 3 nitrogen and oxygen atoms in total. The Morgan fingerprint density at radius 2 is 2.45 bits per heavy atom. The summed E-state index contributed by atoms with van der Waals surface area (Å²) in [6.45, 7) is 0. The lowest BCUT2D eigenvalue weighted by Gasteiger charge is -2.17. The molecule has 0 aliphatic heterocycles. The zero-order chi connectivity index (χ0) is 8.48. The van der Waals surface area contributed by atoms with Gasteiger partial charge in [0.1, 0.15) is 5.54 Å². The zero-order valence-electron chi connectivity index (χ0n) is 6.54. The van der Waals surface area contributed by atoms with E-state index in [1.165, 1.54) is 0 Å². The molecule has 4 heteroatoms. The Kier molecular flexibility index (Phi) is 2.44. The molecule has 0 aromatic heterocycles. The number of thioether (sulfide) groups is 1. The fraction of sp³-hybridized carbons (Fsp3) is 0.857. The van der Waals surface area contributed by atoms with Crippen molar-refractivity contribution in [3.63, 3.8) is 0 Å². The predicted octanol–water partition coefficient (Wildman–Crippen LogP) is 0.684. The fourth-order valence-electron chi connectivity index (χ4n) is 1.42. The van der Waals surface area contributed by atoms with Crippen molar-refractivity contribution < 1.29 is 9.90 Å². The molecular weight excluding hydrogens is 162 g/mol. The minimum Gasteiger partial charge on any atom is -0.480 e. The number of hydrogen-bond acceptors (Lipinski definition) is 3. The number of carboxylic acids is 1. The lowest BCUT2D eigenvalue weighted by atomic mass is 10.0. The summed E-state index contributed by atoms with van der Waals surface area (Å²) in [5.74, 6) is -0.853. The largest absolute Gasteiger partial charge is 0.480 e. The summed E-state index contributed by atoms with van der Waals surface area (Å²) in [6.07, 6.45) is 4.17. The van der Waals surface area contributed by atoms with Gasteiger partial charge in [-0.2, -0.15) is 11.8 Å². The van der Waals surface area contributed by atoms with Gasteiger partial charge in [-0.1, -0.05) is 0 Å². The highest BCUT2D eigenvalue weighted by Crippen LogP contribution is 2.34. The summed E-state index contributed by atoms with van der Waals surface area (Å²) in [5, 5.41) is 9.19. The summed E-state index contributed by atoms with van der Waals surface area (Å²) in [5.41, 5.74) is 4.72. The van der Waals surface area contributed by atoms with Crippen LogP contribution >= 0.6 is 11.8 Å². The van der Waals surface area contributed by atoms with Gasteiger partial charge in [0.25, 0.3) is 0 Å². The molecule has 0 heterocycles. The Hall–Kier alpha value is -0.220. The van der Waals surface area contributed by atoms with Crippen molar-refractivity contribution in [1.82, 2.24) is 0 Å². The molecule has 0 amide bonds. The second-order valence-corrected chi connectivity index (χ2v) is 4.20. The lowest BCUT2D eigenvalue weighted by molar-refractivity contribution is -0.143. The van der Waals surface area contributed by atoms with Crippen molar-refractivity contribution >= 4 is 17.7 Å². The number of nitrogens with two attached hydrogens (primary N) is 1. The molecule has 1 aliphatic carbocycles. The zero-order valence-corrected chi connectivity index (χ0v) is 7.36. The number of hydrogen-bond donors (Lipinski definition) is 2. The van der Waals surface area contributed by atoms with Crippen LogP contribution in [-0.4, -0.2) is 28.1 Å². The molecule has 0 aromatic carbocycles. The molecule has 64 valence electrons. The summed E-state index contributed by atoms with van der Waals surface area (Å²) in [4.78, 5) is 10.7. The normalized spacial score (nSPS) is 37.5. The van der Waals surface area contributed by atoms with E-state index in [4.69, 9.17) is 10.8 Å². The molecule has 0 aromatic rings. The molecule has 1 fully saturated rings. The van der Waals surface area contributed by atoms with Gasteiger partial charge in [-0.25, -0.2) is 0 Å². The van der Waals surface area contributed by atoms with Crippen LogP contribution < -0.4 is 5.73 Å². The molecule has 3 N–H and O–H groups in total. The highest BCUT2D eigenvalue weighted by Gasteiger charge is 2.41. The molecule has 0 spiro atoms. The van der Waals surface area contributed by atoms with E-state index in [1.807, 2.05) is 6.26 Å². The van der Waals surface area contributed by atoms with Crippen LogP contribution in [0.2, 0.25) is 0 Å². The summed E-state index contributed by atoms with van der Waals surface area (Å²) in [6, 6.07) is 0. The van der Waals surface area contributed by atoms with Gasteiger partial charge < -0.3 is 10.8 Å². The minimum atomic E-state index is -0.937. The Labute approximate surface area is 70.3 Å². The van der Waals surface area contributed by atoms with Gasteiger partial charge in [-0.05, 0) is 25.5 Å². The molecule has 0 bridgehead atoms. The molecular formula is C7H13NO2S. The van der Waals surface area contributed by atoms with Crippen molar-refractivity contribution in [2.45, 2.75) is 30.1 Å². The molecule has 1 rings (SSSR count). The van der Waals surface area contributed by atoms with E-state index in [9.17, 15) is 4.79 Å². The predicted molar refractivity (Wildman–Crippen MR) is 45.7 cm³/mol. The molecule has 0 unspecified atom stereocenters. The molecule has 11 heavy (non-hydrogen) atoms. The van der Waals surface area contributed by atoms with E-state index < -0.39 is 11.5 Å². The standard InChI is InChI=1S/C7H13NO2S/c1-11-5-2-3-7(8,4-5)6(9)10/h5H,2-4,8H2,1H3,(H,9,10)/t5-,7-/m0/s1. The first kappa shape index (κ1) is 8.87. The summed E-state index contributed by atoms with van der Waals surface area (Å²) in [7, 11) is 0. The van der Waals surface area contributed by atoms with Crippen molar-refractivity contribution in [1.29, 1.82) is 0 Å². The van der Waals surface area contributed by atoms with E-state index in [0.717, 1.165) is 6.42 Å². The number of aliphatic carboxylic acids is 1. The minimum absolute atomic E-state index is 0.441. The molecule has 0 saturated heterocycles. The molecule has 0 radical (unpaired) electrons. The smallest absolute Gasteiger partial charge is 0.323 e. The summed E-state index contributed by atoms with van der Waals surface area (Å²) < 4.78 is 0. The Bertz CT molecular complexity index is 174. The molecule has 2 atom stereocenters. The van der Waals surface area contributed by atoms with Crippen molar-refractivity contribution in [3.8, 4) is 0 Å². The van der Waals surface area contributed by atoms with Gasteiger partial charge in [-0.15, -0.1) is 0 Å². The molecule has 1 saturated carbocycles. The fourth-order valence-corrected chi connectivity index (χ4v) is 2.24. The van der Waals surface area contributed by atoms with E-state index >= 15 is 0 Å². The van der Waals surface area contributed by atoms with Gasteiger partial charge in [0, 0.05) is 5.25 Å². The third-order valence-corrected chi connectivity index (χ3v) is 3.33. The SMILES string of the molecule is CS[C@H]1CC[C@@](N)(C(=O)O)C1. The third-order valence-electron chi connectivity index (χ3n) is 2.26. The van der Waals surface area contributed by atoms with E-state index in [-0.39, 0.29) is 0 Å². The maximum absolute atomic E-state index is 10.7. The highest BCUT2D eigenvalue weighted by atomic mass is 32.2. The van der Waals surface area contributed by atoms with Gasteiger partial charge in [-0.3, -0.25) is 4.79 Å². The van der Waals surface area contributed by atoms with Crippen LogP contribution in [0, 0.1) is 0 Å². The third kappa shape index (κ3) is 1.68. The van der Waals surface area contributed by atoms with Crippen LogP contribution in [0.3, 0.4) is 0 Å². The van der Waals surface area contributed by atoms with E-state index in [1.54, 1.807) is 11.8 Å². The van der Waals surface area contributed by atoms with Crippen LogP contribution in [0.15, 0.2) is 0 Å². The Morgan fingerprint density at radius 3 is 2.73 bits per heavy atom. The lowest BCUT2D eigenvalue weighted by Crippen LogP contribution is -2.45. The first-order chi connectivity index (χ1) is 5.08. The van der Waals surface area contributed by atoms with Crippen molar-refractivity contribution in [2.75, 3.05) is 6.26 Å². The van der Waals surface area contributed by atoms with Crippen LogP contribution in [0.1, 0.15) is 19.3 Å². The average Bonchev–Trinajstić information content (AvgIpc) is 2.33. The Balaban J connectivity index is 2.57. The van der Waals surface area contributed by atoms with Crippen LogP contribution in [0.4, 0.5) is 0 Å². The topological polar surface area (TPSA) is 63.3 Å². The second kappa shape index (κ2) is 3.03. The number of rotatable bonds is 2. The Morgan fingerprint density at radius 1 is 1.82 bits per heavy atom. The maximum atomic E-state index is 10.7. The monoisotopic (exact) mass is 175 g/mol. The van der Waals surface area contributed by atoms with Crippen molar-refractivity contribution in [3.05, 3.63) is 0 Å². The van der Waals surface area contributed by atoms with Gasteiger partial charge in [0.05, 0.1) is 0 Å². The second-order valence-electron chi connectivity index (χ2n) is 3.06. The van der Waals surface area contributed by atoms with Gasteiger partial charge >= 0.3 is 5.97 Å². The van der Waals surface area contributed by atoms with Gasteiger partial charge in [0.2, 0.25) is 0 Å². The molecule has 1 aliphatic rings. The highest BCUT2D eigenvalue weighted by molar-refractivity contribution is 7.99. The summed E-state index contributed by atoms with van der Waals surface area (Å²) >= 11 is 1.71. The van der Waals surface area contributed by atoms with E-state index in [0.29, 0.717) is 18.1 Å². The number of carbonyl (C=O) groups is 1. The van der Waals surface area contributed by atoms with Crippen LogP contribution in [0.25, 0.3) is 0 Å². The van der Waals surface area contributed by atoms with Crippen LogP contribution in [-0.2, 0) is 4.79 Å². The maximum Gasteiger partial charge on any atom is 0.323 e. The first-order valence-electron chi connectivity index (χ1n) is 3.63. The average molecular weight is 175 g/mol. The van der Waals surface area contributed by atoms with Gasteiger partial charge in [0.15, 0.2) is 0 Å². The van der Waals surface area contributed by atoms with Crippen LogP contribution in [0.5, 0.6) is 0 Å². The van der Waals surface area contributed by atoms with Crippen molar-refractivity contribution in [2.24, 2.45) is 5.73 Å². The first-order valence-corrected chi connectivity index (χ1v) is 4.92. The number of carboxylic acid groups (broad SMARTS) is 1. The van der Waals surface area contributed by atoms with E-state index in [2.05, 4.69) is 0 Å². The quantitative estimate of drug-likeness (QED) is 0.648.